The minimum atomic E-state index is -1.02. The standard InChI is InChI=1S/C14H19BrN2O2.ClH/c1-14(16,10-3-5-11(15)6-4-10)13(18)17(2)12-7-8-19-9-12;/h3-6,12H,7-9,16H2,1-2H3;1H. The van der Waals surface area contributed by atoms with Gasteiger partial charge in [-0.2, -0.15) is 0 Å². The average molecular weight is 364 g/mol. The van der Waals surface area contributed by atoms with Crippen LogP contribution in [0.5, 0.6) is 0 Å². The van der Waals surface area contributed by atoms with Crippen LogP contribution in [0.15, 0.2) is 28.7 Å². The second-order valence-corrected chi connectivity index (χ2v) is 6.06. The van der Waals surface area contributed by atoms with E-state index in [-0.39, 0.29) is 24.4 Å². The number of carbonyl (C=O) groups excluding carboxylic acids is 1. The summed E-state index contributed by atoms with van der Waals surface area (Å²) in [6.07, 6.45) is 0.874. The molecule has 0 spiro atoms. The van der Waals surface area contributed by atoms with E-state index in [4.69, 9.17) is 10.5 Å². The highest BCUT2D eigenvalue weighted by Crippen LogP contribution is 2.24. The van der Waals surface area contributed by atoms with E-state index >= 15 is 0 Å². The number of amides is 1. The Morgan fingerprint density at radius 2 is 2.05 bits per heavy atom. The van der Waals surface area contributed by atoms with Gasteiger partial charge in [0.05, 0.1) is 12.6 Å². The van der Waals surface area contributed by atoms with E-state index in [1.54, 1.807) is 18.9 Å². The van der Waals surface area contributed by atoms with Gasteiger partial charge in [0.1, 0.15) is 5.54 Å². The molecule has 4 nitrogen and oxygen atoms in total. The predicted molar refractivity (Wildman–Crippen MR) is 84.9 cm³/mol. The molecule has 1 aromatic rings. The molecule has 0 aliphatic carbocycles. The van der Waals surface area contributed by atoms with Crippen LogP contribution in [0.25, 0.3) is 0 Å². The zero-order valence-electron chi connectivity index (χ0n) is 11.6. The summed E-state index contributed by atoms with van der Waals surface area (Å²) in [5, 5.41) is 0. The largest absolute Gasteiger partial charge is 0.379 e. The first kappa shape index (κ1) is 17.4. The summed E-state index contributed by atoms with van der Waals surface area (Å²) in [5.74, 6) is -0.0784. The second-order valence-electron chi connectivity index (χ2n) is 5.14. The van der Waals surface area contributed by atoms with Gasteiger partial charge in [0.2, 0.25) is 5.91 Å². The number of likely N-dealkylation sites (N-methyl/N-ethyl adjacent to an activating group) is 1. The summed E-state index contributed by atoms with van der Waals surface area (Å²) in [6, 6.07) is 7.67. The van der Waals surface area contributed by atoms with Crippen molar-refractivity contribution in [3.63, 3.8) is 0 Å². The number of nitrogens with two attached hydrogens (primary N) is 1. The molecule has 0 saturated carbocycles. The van der Waals surface area contributed by atoms with Gasteiger partial charge in [-0.1, -0.05) is 28.1 Å². The van der Waals surface area contributed by atoms with Crippen molar-refractivity contribution in [2.24, 2.45) is 5.73 Å². The molecule has 1 aliphatic heterocycles. The fourth-order valence-corrected chi connectivity index (χ4v) is 2.54. The molecular weight excluding hydrogens is 344 g/mol. The van der Waals surface area contributed by atoms with Crippen molar-refractivity contribution >= 4 is 34.2 Å². The van der Waals surface area contributed by atoms with E-state index in [0.717, 1.165) is 16.5 Å². The van der Waals surface area contributed by atoms with Crippen LogP contribution in [0.3, 0.4) is 0 Å². The Morgan fingerprint density at radius 3 is 2.55 bits per heavy atom. The van der Waals surface area contributed by atoms with Gasteiger partial charge in [0.15, 0.2) is 0 Å². The van der Waals surface area contributed by atoms with Crippen LogP contribution in [0.2, 0.25) is 0 Å². The van der Waals surface area contributed by atoms with Crippen molar-refractivity contribution < 1.29 is 9.53 Å². The quantitative estimate of drug-likeness (QED) is 0.896. The first-order valence-electron chi connectivity index (χ1n) is 6.33. The highest BCUT2D eigenvalue weighted by molar-refractivity contribution is 9.10. The Labute approximate surface area is 134 Å². The molecule has 2 unspecified atom stereocenters. The monoisotopic (exact) mass is 362 g/mol. The summed E-state index contributed by atoms with van der Waals surface area (Å²) < 4.78 is 6.29. The Hall–Kier alpha value is -0.620. The number of hydrogen-bond acceptors (Lipinski definition) is 3. The predicted octanol–water partition coefficient (Wildman–Crippen LogP) is 2.29. The zero-order valence-corrected chi connectivity index (χ0v) is 14.0. The van der Waals surface area contributed by atoms with Gasteiger partial charge in [0, 0.05) is 18.1 Å². The van der Waals surface area contributed by atoms with Gasteiger partial charge in [-0.05, 0) is 31.0 Å². The van der Waals surface area contributed by atoms with Crippen LogP contribution >= 0.6 is 28.3 Å². The topological polar surface area (TPSA) is 55.6 Å². The molecule has 2 rings (SSSR count). The molecule has 1 fully saturated rings. The van der Waals surface area contributed by atoms with Crippen molar-refractivity contribution in [2.45, 2.75) is 24.9 Å². The molecule has 112 valence electrons. The molecular formula is C14H20BrClN2O2. The van der Waals surface area contributed by atoms with E-state index in [2.05, 4.69) is 15.9 Å². The first-order valence-corrected chi connectivity index (χ1v) is 7.12. The molecule has 1 amide bonds. The number of halogens is 2. The zero-order chi connectivity index (χ0) is 14.0. The van der Waals surface area contributed by atoms with Crippen LogP contribution < -0.4 is 5.73 Å². The number of nitrogens with zero attached hydrogens (tertiary/aromatic N) is 1. The lowest BCUT2D eigenvalue weighted by Crippen LogP contribution is -2.52. The van der Waals surface area contributed by atoms with Gasteiger partial charge < -0.3 is 15.4 Å². The maximum absolute atomic E-state index is 12.6. The van der Waals surface area contributed by atoms with Crippen LogP contribution in [-0.4, -0.2) is 37.1 Å². The molecule has 1 heterocycles. The Bertz CT molecular complexity index is 459. The van der Waals surface area contributed by atoms with E-state index in [1.807, 2.05) is 24.3 Å². The SMILES string of the molecule is CN(C(=O)C(C)(N)c1ccc(Br)cc1)C1CCOC1.Cl. The van der Waals surface area contributed by atoms with Crippen LogP contribution in [-0.2, 0) is 15.1 Å². The Morgan fingerprint density at radius 1 is 1.45 bits per heavy atom. The van der Waals surface area contributed by atoms with Crippen LogP contribution in [0.1, 0.15) is 18.9 Å². The number of rotatable bonds is 3. The van der Waals surface area contributed by atoms with E-state index in [0.29, 0.717) is 13.2 Å². The van der Waals surface area contributed by atoms with Gasteiger partial charge in [-0.25, -0.2) is 0 Å². The van der Waals surface area contributed by atoms with E-state index in [1.165, 1.54) is 0 Å². The lowest BCUT2D eigenvalue weighted by molar-refractivity contribution is -0.137. The van der Waals surface area contributed by atoms with Gasteiger partial charge in [0.25, 0.3) is 0 Å². The Balaban J connectivity index is 0.00000200. The minimum Gasteiger partial charge on any atom is -0.379 e. The lowest BCUT2D eigenvalue weighted by Gasteiger charge is -2.32. The fourth-order valence-electron chi connectivity index (χ4n) is 2.28. The minimum absolute atomic E-state index is 0. The molecule has 1 saturated heterocycles. The molecule has 1 aliphatic rings. The third-order valence-corrected chi connectivity index (χ3v) is 4.19. The number of hydrogen-bond donors (Lipinski definition) is 1. The molecule has 20 heavy (non-hydrogen) atoms. The summed E-state index contributed by atoms with van der Waals surface area (Å²) in [6.45, 7) is 3.06. The van der Waals surface area contributed by atoms with Gasteiger partial charge >= 0.3 is 0 Å². The molecule has 0 aromatic heterocycles. The third-order valence-electron chi connectivity index (χ3n) is 3.66. The van der Waals surface area contributed by atoms with Crippen LogP contribution in [0.4, 0.5) is 0 Å². The fraction of sp³-hybridized carbons (Fsp3) is 0.500. The third kappa shape index (κ3) is 3.52. The summed E-state index contributed by atoms with van der Waals surface area (Å²) >= 11 is 3.38. The number of ether oxygens (including phenoxy) is 1. The lowest BCUT2D eigenvalue weighted by atomic mass is 9.91. The van der Waals surface area contributed by atoms with Crippen LogP contribution in [0, 0.1) is 0 Å². The van der Waals surface area contributed by atoms with Crippen molar-refractivity contribution in [2.75, 3.05) is 20.3 Å². The molecule has 2 N–H and O–H groups in total. The van der Waals surface area contributed by atoms with Crippen molar-refractivity contribution in [1.29, 1.82) is 0 Å². The molecule has 1 aromatic carbocycles. The second kappa shape index (κ2) is 6.89. The summed E-state index contributed by atoms with van der Waals surface area (Å²) in [4.78, 5) is 14.3. The molecule has 6 heteroatoms. The van der Waals surface area contributed by atoms with E-state index in [9.17, 15) is 4.79 Å². The summed E-state index contributed by atoms with van der Waals surface area (Å²) in [5.41, 5.74) is 6.05. The van der Waals surface area contributed by atoms with Gasteiger partial charge in [-0.3, -0.25) is 4.79 Å². The normalized spacial score (nSPS) is 20.9. The maximum atomic E-state index is 12.6. The molecule has 2 atom stereocenters. The van der Waals surface area contributed by atoms with Crippen molar-refractivity contribution in [3.8, 4) is 0 Å². The highest BCUT2D eigenvalue weighted by Gasteiger charge is 2.36. The van der Waals surface area contributed by atoms with Gasteiger partial charge in [-0.15, -0.1) is 12.4 Å². The number of benzene rings is 1. The Kier molecular flexibility index (Phi) is 6.01. The first-order chi connectivity index (χ1) is 8.93. The maximum Gasteiger partial charge on any atom is 0.247 e. The van der Waals surface area contributed by atoms with E-state index < -0.39 is 5.54 Å². The molecule has 0 bridgehead atoms. The average Bonchev–Trinajstić information content (AvgIpc) is 2.91. The number of carbonyl (C=O) groups is 1. The highest BCUT2D eigenvalue weighted by atomic mass is 79.9. The molecule has 0 radical (unpaired) electrons. The van der Waals surface area contributed by atoms with Crippen molar-refractivity contribution in [1.82, 2.24) is 4.90 Å². The summed E-state index contributed by atoms with van der Waals surface area (Å²) in [7, 11) is 1.80. The smallest absolute Gasteiger partial charge is 0.247 e. The van der Waals surface area contributed by atoms with Crippen molar-refractivity contribution in [3.05, 3.63) is 34.3 Å².